The van der Waals surface area contributed by atoms with Gasteiger partial charge in [0.25, 0.3) is 0 Å². The van der Waals surface area contributed by atoms with Gasteiger partial charge in [0.15, 0.2) is 0 Å². The molecule has 0 spiro atoms. The molecule has 1 aliphatic rings. The molecule has 0 aliphatic carbocycles. The Morgan fingerprint density at radius 2 is 2.26 bits per heavy atom. The van der Waals surface area contributed by atoms with Crippen molar-refractivity contribution >= 4 is 19.4 Å². The summed E-state index contributed by atoms with van der Waals surface area (Å²) in [7, 11) is -3.96. The number of ether oxygens (including phenoxy) is 1. The third kappa shape index (κ3) is 5.49. The number of rotatable bonds is 7. The number of halogens is 1. The lowest BCUT2D eigenvalue weighted by atomic mass is 10.2. The smallest absolute Gasteiger partial charge is 0.404 e. The van der Waals surface area contributed by atoms with Crippen LogP contribution in [0.3, 0.4) is 0 Å². The zero-order chi connectivity index (χ0) is 17.6. The minimum absolute atomic E-state index is 0.0159. The third-order valence-corrected chi connectivity index (χ3v) is 4.85. The van der Waals surface area contributed by atoms with Crippen LogP contribution in [0.25, 0.3) is 4.85 Å². The van der Waals surface area contributed by atoms with Crippen LogP contribution in [0.1, 0.15) is 21.6 Å². The Morgan fingerprint density at radius 1 is 1.52 bits per heavy atom. The SMILES string of the molecule is [2H]CC1OC(C)CC1OP(=O)(OCC[N+]#[C-])Oc1ccc(Cl)cc1. The Kier molecular flexibility index (Phi) is 5.93. The van der Waals surface area contributed by atoms with E-state index in [1.54, 1.807) is 24.3 Å². The molecule has 1 heterocycles. The van der Waals surface area contributed by atoms with Gasteiger partial charge < -0.3 is 14.1 Å². The summed E-state index contributed by atoms with van der Waals surface area (Å²) in [6, 6.07) is 6.28. The number of phosphoric acid groups is 1. The van der Waals surface area contributed by atoms with Gasteiger partial charge in [0.05, 0.1) is 18.3 Å². The molecular weight excluding hydrogens is 341 g/mol. The molecule has 1 aliphatic heterocycles. The first-order chi connectivity index (χ1) is 11.5. The van der Waals surface area contributed by atoms with Crippen molar-refractivity contribution < 1.29 is 24.2 Å². The first kappa shape index (κ1) is 16.8. The van der Waals surface area contributed by atoms with E-state index in [9.17, 15) is 4.57 Å². The van der Waals surface area contributed by atoms with Crippen molar-refractivity contribution in [2.24, 2.45) is 0 Å². The molecule has 23 heavy (non-hydrogen) atoms. The predicted octanol–water partition coefficient (Wildman–Crippen LogP) is 4.35. The average molecular weight is 361 g/mol. The molecular formula is C15H19ClNO5P. The van der Waals surface area contributed by atoms with E-state index in [0.717, 1.165) is 0 Å². The summed E-state index contributed by atoms with van der Waals surface area (Å²) in [6.07, 6.45) is -0.670. The molecule has 1 aromatic carbocycles. The second-order valence-corrected chi connectivity index (χ2v) is 7.05. The molecule has 8 heteroatoms. The number of hydrogen-bond donors (Lipinski definition) is 0. The third-order valence-electron chi connectivity index (χ3n) is 3.13. The van der Waals surface area contributed by atoms with Gasteiger partial charge in [-0.25, -0.2) is 11.1 Å². The van der Waals surface area contributed by atoms with Gasteiger partial charge in [-0.3, -0.25) is 9.05 Å². The van der Waals surface area contributed by atoms with E-state index < -0.39 is 20.0 Å². The van der Waals surface area contributed by atoms with Crippen molar-refractivity contribution in [1.82, 2.24) is 0 Å². The van der Waals surface area contributed by atoms with Crippen LogP contribution in [0.5, 0.6) is 5.75 Å². The molecule has 126 valence electrons. The van der Waals surface area contributed by atoms with Gasteiger partial charge in [-0.1, -0.05) is 11.6 Å². The summed E-state index contributed by atoms with van der Waals surface area (Å²) >= 11 is 5.82. The van der Waals surface area contributed by atoms with Crippen molar-refractivity contribution in [3.8, 4) is 5.75 Å². The van der Waals surface area contributed by atoms with E-state index in [2.05, 4.69) is 4.85 Å². The van der Waals surface area contributed by atoms with Gasteiger partial charge in [0.1, 0.15) is 12.4 Å². The maximum Gasteiger partial charge on any atom is 0.530 e. The van der Waals surface area contributed by atoms with Gasteiger partial charge in [-0.15, -0.1) is 0 Å². The Hall–Kier alpha value is -1.09. The molecule has 0 bridgehead atoms. The van der Waals surface area contributed by atoms with E-state index in [1.165, 1.54) is 0 Å². The molecule has 1 aromatic rings. The normalized spacial score (nSPS) is 27.0. The maximum absolute atomic E-state index is 12.9. The summed E-state index contributed by atoms with van der Waals surface area (Å²) < 4.78 is 42.3. The van der Waals surface area contributed by atoms with Crippen LogP contribution in [-0.2, 0) is 18.3 Å². The van der Waals surface area contributed by atoms with Crippen molar-refractivity contribution in [1.29, 1.82) is 0 Å². The molecule has 1 fully saturated rings. The molecule has 1 saturated heterocycles. The van der Waals surface area contributed by atoms with Gasteiger partial charge in [0.2, 0.25) is 6.54 Å². The zero-order valence-electron chi connectivity index (χ0n) is 13.7. The molecule has 0 amide bonds. The molecule has 0 radical (unpaired) electrons. The van der Waals surface area contributed by atoms with Crippen molar-refractivity contribution in [3.63, 3.8) is 0 Å². The second-order valence-electron chi connectivity index (χ2n) is 5.07. The molecule has 2 rings (SSSR count). The highest BCUT2D eigenvalue weighted by molar-refractivity contribution is 7.49. The topological polar surface area (TPSA) is 58.4 Å². The van der Waals surface area contributed by atoms with E-state index in [4.69, 9.17) is 37.9 Å². The van der Waals surface area contributed by atoms with Crippen LogP contribution < -0.4 is 4.52 Å². The van der Waals surface area contributed by atoms with Crippen LogP contribution in [0.15, 0.2) is 24.3 Å². The Bertz CT molecular complexity index is 623. The molecule has 4 atom stereocenters. The standard InChI is InChI=1S/C15H19ClNO5P/c1-11-10-15(12(2)20-11)22-23(18,19-9-8-17-3)21-14-6-4-13(16)5-7-14/h4-7,11-12,15H,8-10H2,1-2H3/i2D. The summed E-state index contributed by atoms with van der Waals surface area (Å²) in [5, 5.41) is 0.513. The molecule has 4 unspecified atom stereocenters. The fourth-order valence-corrected chi connectivity index (χ4v) is 3.62. The minimum Gasteiger partial charge on any atom is -0.404 e. The number of nitrogens with zero attached hydrogens (tertiary/aromatic N) is 1. The Morgan fingerprint density at radius 3 is 2.91 bits per heavy atom. The van der Waals surface area contributed by atoms with E-state index in [-0.39, 0.29) is 31.9 Å². The first-order valence-corrected chi connectivity index (χ1v) is 8.95. The molecule has 0 N–H and O–H groups in total. The summed E-state index contributed by atoms with van der Waals surface area (Å²) in [4.78, 5) is 3.15. The Labute approximate surface area is 142 Å². The predicted molar refractivity (Wildman–Crippen MR) is 86.6 cm³/mol. The van der Waals surface area contributed by atoms with Crippen LogP contribution in [0.4, 0.5) is 0 Å². The maximum atomic E-state index is 12.9. The lowest BCUT2D eigenvalue weighted by Crippen LogP contribution is -2.22. The van der Waals surface area contributed by atoms with E-state index in [1.807, 2.05) is 6.92 Å². The highest BCUT2D eigenvalue weighted by Crippen LogP contribution is 2.52. The lowest BCUT2D eigenvalue weighted by Gasteiger charge is -2.22. The van der Waals surface area contributed by atoms with Gasteiger partial charge >= 0.3 is 7.82 Å². The number of benzene rings is 1. The highest BCUT2D eigenvalue weighted by atomic mass is 35.5. The van der Waals surface area contributed by atoms with Gasteiger partial charge in [-0.2, -0.15) is 0 Å². The van der Waals surface area contributed by atoms with Crippen LogP contribution in [0.2, 0.25) is 5.02 Å². The van der Waals surface area contributed by atoms with Crippen LogP contribution in [0, 0.1) is 6.57 Å². The van der Waals surface area contributed by atoms with E-state index >= 15 is 0 Å². The number of hydrogen-bond acceptors (Lipinski definition) is 5. The quantitative estimate of drug-likeness (QED) is 0.411. The summed E-state index contributed by atoms with van der Waals surface area (Å²) in [5.74, 6) is 0.278. The lowest BCUT2D eigenvalue weighted by molar-refractivity contribution is 0.0239. The fourth-order valence-electron chi connectivity index (χ4n) is 2.10. The van der Waals surface area contributed by atoms with Crippen LogP contribution >= 0.6 is 19.4 Å². The minimum atomic E-state index is -3.96. The second kappa shape index (κ2) is 8.14. The number of phosphoric ester groups is 1. The fraction of sp³-hybridized carbons (Fsp3) is 0.533. The van der Waals surface area contributed by atoms with Crippen LogP contribution in [-0.4, -0.2) is 31.5 Å². The van der Waals surface area contributed by atoms with Crippen molar-refractivity contribution in [2.75, 3.05) is 13.2 Å². The summed E-state index contributed by atoms with van der Waals surface area (Å²) in [5.41, 5.74) is 0. The summed E-state index contributed by atoms with van der Waals surface area (Å²) in [6.45, 7) is 8.58. The Balaban J connectivity index is 2.11. The van der Waals surface area contributed by atoms with E-state index in [0.29, 0.717) is 11.4 Å². The molecule has 0 saturated carbocycles. The van der Waals surface area contributed by atoms with Crippen molar-refractivity contribution in [2.45, 2.75) is 38.6 Å². The van der Waals surface area contributed by atoms with Gasteiger partial charge in [-0.05, 0) is 38.1 Å². The van der Waals surface area contributed by atoms with Crippen molar-refractivity contribution in [3.05, 3.63) is 40.7 Å². The first-order valence-electron chi connectivity index (χ1n) is 7.82. The average Bonchev–Trinajstić information content (AvgIpc) is 2.89. The zero-order valence-corrected chi connectivity index (χ0v) is 14.3. The van der Waals surface area contributed by atoms with Gasteiger partial charge in [0, 0.05) is 12.8 Å². The monoisotopic (exact) mass is 360 g/mol. The highest BCUT2D eigenvalue weighted by Gasteiger charge is 2.39. The molecule has 0 aromatic heterocycles. The molecule has 6 nitrogen and oxygen atoms in total. The largest absolute Gasteiger partial charge is 0.530 e.